The van der Waals surface area contributed by atoms with E-state index in [2.05, 4.69) is 10.1 Å². The van der Waals surface area contributed by atoms with Gasteiger partial charge in [-0.15, -0.1) is 0 Å². The van der Waals surface area contributed by atoms with Gasteiger partial charge >= 0.3 is 12.8 Å². The van der Waals surface area contributed by atoms with Gasteiger partial charge in [-0.05, 0) is 47.9 Å². The number of carbonyl (C=O) groups excluding carboxylic acids is 2. The number of benzene rings is 2. The first-order valence-corrected chi connectivity index (χ1v) is 12.7. The van der Waals surface area contributed by atoms with E-state index in [0.717, 1.165) is 35.0 Å². The molecule has 2 amide bonds. The van der Waals surface area contributed by atoms with E-state index in [1.165, 1.54) is 18.2 Å². The van der Waals surface area contributed by atoms with E-state index >= 15 is 0 Å². The van der Waals surface area contributed by atoms with Crippen molar-refractivity contribution in [3.05, 3.63) is 81.0 Å². The van der Waals surface area contributed by atoms with E-state index in [4.69, 9.17) is 22.1 Å². The number of nitrogens with one attached hydrogen (secondary N) is 1. The molecule has 3 aromatic rings. The number of anilines is 1. The Bertz CT molecular complexity index is 1560. The summed E-state index contributed by atoms with van der Waals surface area (Å²) < 4.78 is 91.4. The second kappa shape index (κ2) is 12.4. The zero-order chi connectivity index (χ0) is 30.8. The highest BCUT2D eigenvalue weighted by atomic mass is 35.5. The number of hydrogen-bond acceptors (Lipinski definition) is 5. The monoisotopic (exact) mass is 617 g/mol. The third-order valence-corrected chi connectivity index (χ3v) is 6.79. The van der Waals surface area contributed by atoms with Gasteiger partial charge in [-0.25, -0.2) is 4.39 Å². The molecule has 0 bridgehead atoms. The molecule has 0 saturated carbocycles. The Morgan fingerprint density at radius 2 is 1.88 bits per heavy atom. The number of fused-ring (bicyclic) bond motifs is 3. The summed E-state index contributed by atoms with van der Waals surface area (Å²) in [6, 6.07) is 6.63. The first-order valence-electron chi connectivity index (χ1n) is 12.3. The zero-order valence-electron chi connectivity index (χ0n) is 21.4. The summed E-state index contributed by atoms with van der Waals surface area (Å²) in [6.07, 6.45) is -4.56. The molecule has 8 nitrogen and oxygen atoms in total. The van der Waals surface area contributed by atoms with E-state index in [9.17, 15) is 40.7 Å². The molecule has 2 atom stereocenters. The molecule has 3 N–H and O–H groups in total. The van der Waals surface area contributed by atoms with Crippen LogP contribution in [-0.4, -0.2) is 42.4 Å². The van der Waals surface area contributed by atoms with Crippen molar-refractivity contribution in [2.45, 2.75) is 31.7 Å². The smallest absolute Gasteiger partial charge is 0.395 e. The number of ether oxygens (including phenoxy) is 2. The van der Waals surface area contributed by atoms with Gasteiger partial charge in [0, 0.05) is 28.8 Å². The molecule has 0 radical (unpaired) electrons. The van der Waals surface area contributed by atoms with E-state index in [1.807, 2.05) is 0 Å². The SMILES string of the molecule is NC(=O)c1ccc(NC(=O)C(CCOC(F)F)n2cc3c(cc2=O)-c2cc(Cl)ccc2CC(C(F)(F)F)CO3)cc1F. The molecule has 2 unspecified atom stereocenters. The van der Waals surface area contributed by atoms with Crippen LogP contribution in [0.3, 0.4) is 0 Å². The maximum Gasteiger partial charge on any atom is 0.395 e. The van der Waals surface area contributed by atoms with E-state index in [0.29, 0.717) is 0 Å². The third kappa shape index (κ3) is 7.05. The molecule has 2 aromatic carbocycles. The lowest BCUT2D eigenvalue weighted by atomic mass is 9.91. The minimum Gasteiger partial charge on any atom is -0.491 e. The summed E-state index contributed by atoms with van der Waals surface area (Å²) in [5.41, 5.74) is 4.21. The topological polar surface area (TPSA) is 113 Å². The van der Waals surface area contributed by atoms with Gasteiger partial charge in [0.15, 0.2) is 0 Å². The van der Waals surface area contributed by atoms with Crippen LogP contribution in [0.2, 0.25) is 5.02 Å². The Hall–Kier alpha value is -4.04. The number of pyridine rings is 1. The van der Waals surface area contributed by atoms with Crippen LogP contribution < -0.4 is 21.3 Å². The van der Waals surface area contributed by atoms with Crippen molar-refractivity contribution in [2.75, 3.05) is 18.5 Å². The number of alkyl halides is 5. The summed E-state index contributed by atoms with van der Waals surface area (Å²) in [5, 5.41) is 2.51. The van der Waals surface area contributed by atoms with Crippen molar-refractivity contribution in [3.8, 4) is 16.9 Å². The number of nitrogens with zero attached hydrogens (tertiary/aromatic N) is 1. The molecule has 224 valence electrons. The van der Waals surface area contributed by atoms with Gasteiger partial charge in [0.2, 0.25) is 5.91 Å². The fourth-order valence-electron chi connectivity index (χ4n) is 4.48. The van der Waals surface area contributed by atoms with Crippen molar-refractivity contribution in [1.29, 1.82) is 0 Å². The molecule has 0 fully saturated rings. The molecule has 0 aliphatic carbocycles. The van der Waals surface area contributed by atoms with Crippen molar-refractivity contribution < 1.29 is 45.4 Å². The summed E-state index contributed by atoms with van der Waals surface area (Å²) in [7, 11) is 0. The first-order chi connectivity index (χ1) is 19.7. The van der Waals surface area contributed by atoms with Gasteiger partial charge in [-0.2, -0.15) is 22.0 Å². The lowest BCUT2D eigenvalue weighted by molar-refractivity contribution is -0.181. The summed E-state index contributed by atoms with van der Waals surface area (Å²) >= 11 is 6.10. The number of rotatable bonds is 8. The fraction of sp³-hybridized carbons (Fsp3) is 0.296. The normalized spacial score (nSPS) is 15.6. The van der Waals surface area contributed by atoms with E-state index < -0.39 is 79.6 Å². The number of hydrogen-bond donors (Lipinski definition) is 2. The van der Waals surface area contributed by atoms with E-state index in [1.54, 1.807) is 0 Å². The predicted molar refractivity (Wildman–Crippen MR) is 139 cm³/mol. The maximum atomic E-state index is 14.2. The van der Waals surface area contributed by atoms with Gasteiger partial charge in [0.1, 0.15) is 24.2 Å². The minimum atomic E-state index is -4.63. The number of aromatic nitrogens is 1. The van der Waals surface area contributed by atoms with Crippen LogP contribution in [-0.2, 0) is 16.0 Å². The molecular weight excluding hydrogens is 596 g/mol. The van der Waals surface area contributed by atoms with Crippen LogP contribution in [0.1, 0.15) is 28.4 Å². The largest absolute Gasteiger partial charge is 0.491 e. The van der Waals surface area contributed by atoms with E-state index in [-0.39, 0.29) is 33.1 Å². The molecule has 42 heavy (non-hydrogen) atoms. The molecule has 0 spiro atoms. The van der Waals surface area contributed by atoms with Gasteiger partial charge < -0.3 is 20.5 Å². The highest BCUT2D eigenvalue weighted by Gasteiger charge is 2.41. The molecular formula is C27H22ClF6N3O5. The lowest BCUT2D eigenvalue weighted by Gasteiger charge is -2.27. The molecule has 1 aromatic heterocycles. The maximum absolute atomic E-state index is 14.2. The number of primary amides is 1. The average Bonchev–Trinajstić information content (AvgIpc) is 2.88. The Balaban J connectivity index is 1.76. The van der Waals surface area contributed by atoms with Gasteiger partial charge in [0.25, 0.3) is 11.5 Å². The number of amides is 2. The number of halogens is 7. The Kier molecular flexibility index (Phi) is 9.16. The van der Waals surface area contributed by atoms with Crippen molar-refractivity contribution >= 4 is 29.1 Å². The molecule has 2 heterocycles. The fourth-order valence-corrected chi connectivity index (χ4v) is 4.66. The summed E-state index contributed by atoms with van der Waals surface area (Å²) in [4.78, 5) is 37.8. The summed E-state index contributed by atoms with van der Waals surface area (Å²) in [5.74, 6) is -5.21. The van der Waals surface area contributed by atoms with Crippen molar-refractivity contribution in [3.63, 3.8) is 0 Å². The van der Waals surface area contributed by atoms with Crippen molar-refractivity contribution in [1.82, 2.24) is 4.57 Å². The third-order valence-electron chi connectivity index (χ3n) is 6.55. The molecule has 0 saturated heterocycles. The first kappa shape index (κ1) is 30.9. The van der Waals surface area contributed by atoms with Crippen LogP contribution >= 0.6 is 11.6 Å². The van der Waals surface area contributed by atoms with Crippen LogP contribution in [0.25, 0.3) is 11.1 Å². The van der Waals surface area contributed by atoms with Crippen LogP contribution in [0.5, 0.6) is 5.75 Å². The van der Waals surface area contributed by atoms with Crippen LogP contribution in [0.4, 0.5) is 32.0 Å². The highest BCUT2D eigenvalue weighted by molar-refractivity contribution is 6.30. The van der Waals surface area contributed by atoms with Gasteiger partial charge in [-0.3, -0.25) is 19.0 Å². The average molecular weight is 618 g/mol. The second-order valence-corrected chi connectivity index (χ2v) is 9.77. The molecule has 1 aliphatic heterocycles. The standard InChI is InChI=1S/C27H22ClF6N3O5/c28-15-2-1-13-7-14(27(32,33)34)12-42-22-11-37(23(38)10-19(22)18(13)8-15)21(5-6-41-26(30)31)25(40)36-16-3-4-17(24(35)39)20(29)9-16/h1-4,8-11,14,21,26H,5-7,12H2,(H2,35,39)(H,36,40). The van der Waals surface area contributed by atoms with Gasteiger partial charge in [0.05, 0.1) is 24.3 Å². The molecule has 1 aliphatic rings. The lowest BCUT2D eigenvalue weighted by Crippen LogP contribution is -2.35. The second-order valence-electron chi connectivity index (χ2n) is 9.34. The minimum absolute atomic E-state index is 0.112. The number of carbonyl (C=O) groups is 2. The molecule has 4 rings (SSSR count). The van der Waals surface area contributed by atoms with Gasteiger partial charge in [-0.1, -0.05) is 17.7 Å². The molecule has 15 heteroatoms. The Morgan fingerprint density at radius 1 is 1.14 bits per heavy atom. The van der Waals surface area contributed by atoms with Crippen molar-refractivity contribution in [2.24, 2.45) is 11.7 Å². The quantitative estimate of drug-likeness (QED) is 0.332. The number of nitrogens with two attached hydrogens (primary N) is 1. The van der Waals surface area contributed by atoms with Crippen LogP contribution in [0, 0.1) is 11.7 Å². The van der Waals surface area contributed by atoms with Crippen LogP contribution in [0.15, 0.2) is 53.5 Å². The highest BCUT2D eigenvalue weighted by Crippen LogP contribution is 2.40. The summed E-state index contributed by atoms with van der Waals surface area (Å²) in [6.45, 7) is -4.71. The predicted octanol–water partition coefficient (Wildman–Crippen LogP) is 5.33. The zero-order valence-corrected chi connectivity index (χ0v) is 22.1. The Morgan fingerprint density at radius 3 is 2.52 bits per heavy atom. The Labute approximate surface area is 239 Å².